The lowest BCUT2D eigenvalue weighted by atomic mass is 9.89. The number of carbonyl (C=O) groups is 1. The number of rotatable bonds is 3. The molecule has 1 aliphatic carbocycles. The molecular weight excluding hydrogens is 316 g/mol. The Morgan fingerprint density at radius 2 is 2.13 bits per heavy atom. The molecule has 6 nitrogen and oxygen atoms in total. The van der Waals surface area contributed by atoms with E-state index in [9.17, 15) is 9.90 Å². The van der Waals surface area contributed by atoms with Gasteiger partial charge in [0, 0.05) is 30.7 Å². The number of nitrogens with one attached hydrogen (secondary N) is 1. The third-order valence-corrected chi connectivity index (χ3v) is 4.75. The quantitative estimate of drug-likeness (QED) is 0.895. The average Bonchev–Trinajstić information content (AvgIpc) is 2.44. The third kappa shape index (κ3) is 2.72. The first-order chi connectivity index (χ1) is 11.1. The minimum atomic E-state index is -0.294. The van der Waals surface area contributed by atoms with Crippen molar-refractivity contribution in [1.82, 2.24) is 15.3 Å². The molecule has 3 heterocycles. The Morgan fingerprint density at radius 1 is 1.35 bits per heavy atom. The molecule has 0 radical (unpaired) electrons. The minimum Gasteiger partial charge on any atom is -0.393 e. The molecule has 23 heavy (non-hydrogen) atoms. The molecule has 2 fully saturated rings. The van der Waals surface area contributed by atoms with Crippen LogP contribution in [0, 0.1) is 0 Å². The van der Waals surface area contributed by atoms with Crippen molar-refractivity contribution in [1.29, 1.82) is 0 Å². The molecule has 0 aromatic carbocycles. The van der Waals surface area contributed by atoms with Crippen molar-refractivity contribution in [3.8, 4) is 0 Å². The largest absolute Gasteiger partial charge is 0.393 e. The topological polar surface area (TPSA) is 78.3 Å². The Balaban J connectivity index is 1.58. The molecule has 0 spiro atoms. The van der Waals surface area contributed by atoms with Gasteiger partial charge in [-0.3, -0.25) is 4.79 Å². The molecule has 2 N–H and O–H groups in total. The average molecular weight is 333 g/mol. The van der Waals surface area contributed by atoms with Crippen LogP contribution in [0.25, 0.3) is 11.0 Å². The number of pyridine rings is 2. The van der Waals surface area contributed by atoms with E-state index in [4.69, 9.17) is 11.6 Å². The zero-order valence-electron chi connectivity index (χ0n) is 12.5. The predicted octanol–water partition coefficient (Wildman–Crippen LogP) is 1.75. The summed E-state index contributed by atoms with van der Waals surface area (Å²) >= 11 is 6.31. The molecule has 120 valence electrons. The van der Waals surface area contributed by atoms with Crippen molar-refractivity contribution in [2.75, 3.05) is 18.0 Å². The summed E-state index contributed by atoms with van der Waals surface area (Å²) in [6.07, 6.45) is 3.61. The highest BCUT2D eigenvalue weighted by Gasteiger charge is 2.28. The van der Waals surface area contributed by atoms with Gasteiger partial charge in [0.25, 0.3) is 5.91 Å². The van der Waals surface area contributed by atoms with E-state index in [1.807, 2.05) is 6.07 Å². The second-order valence-electron chi connectivity index (χ2n) is 6.20. The zero-order valence-corrected chi connectivity index (χ0v) is 13.3. The maximum Gasteiger partial charge on any atom is 0.253 e. The second kappa shape index (κ2) is 5.62. The zero-order chi connectivity index (χ0) is 16.0. The number of nitrogens with zero attached hydrogens (tertiary/aromatic N) is 3. The number of amides is 1. The number of aliphatic hydroxyl groups excluding tert-OH is 1. The monoisotopic (exact) mass is 332 g/mol. The fourth-order valence-corrected chi connectivity index (χ4v) is 3.16. The van der Waals surface area contributed by atoms with Crippen LogP contribution in [0.2, 0.25) is 5.02 Å². The Hall–Kier alpha value is -1.92. The van der Waals surface area contributed by atoms with Crippen LogP contribution in [-0.4, -0.2) is 46.2 Å². The molecular formula is C16H17ClN4O2. The molecule has 0 unspecified atom stereocenters. The second-order valence-corrected chi connectivity index (χ2v) is 6.61. The van der Waals surface area contributed by atoms with Gasteiger partial charge in [-0.15, -0.1) is 0 Å². The van der Waals surface area contributed by atoms with Crippen LogP contribution in [0.1, 0.15) is 29.6 Å². The number of aliphatic hydroxyl groups is 1. The van der Waals surface area contributed by atoms with E-state index in [2.05, 4.69) is 20.2 Å². The third-order valence-electron chi connectivity index (χ3n) is 4.47. The standard InChI is InChI=1S/C16H17ClN4O2/c17-13-5-9-4-10(16(23)19-11-6-12(22)7-11)8-18-14(9)20-15(13)21-2-1-3-21/h4-5,8,11-12,22H,1-3,6-7H2,(H,19,23). The van der Waals surface area contributed by atoms with Crippen molar-refractivity contribution < 1.29 is 9.90 Å². The van der Waals surface area contributed by atoms with Gasteiger partial charge in [0.2, 0.25) is 0 Å². The Kier molecular flexibility index (Phi) is 3.58. The first kappa shape index (κ1) is 14.7. The molecule has 1 amide bonds. The number of aromatic nitrogens is 2. The minimum absolute atomic E-state index is 0.0451. The highest BCUT2D eigenvalue weighted by Crippen LogP contribution is 2.30. The Labute approximate surface area is 138 Å². The van der Waals surface area contributed by atoms with Crippen LogP contribution in [0.3, 0.4) is 0 Å². The molecule has 1 saturated carbocycles. The molecule has 1 aliphatic heterocycles. The molecule has 2 aromatic heterocycles. The summed E-state index contributed by atoms with van der Waals surface area (Å²) in [5.74, 6) is 0.581. The molecule has 7 heteroatoms. The first-order valence-electron chi connectivity index (χ1n) is 7.80. The van der Waals surface area contributed by atoms with Crippen LogP contribution in [-0.2, 0) is 0 Å². The summed E-state index contributed by atoms with van der Waals surface area (Å²) in [6, 6.07) is 3.61. The lowest BCUT2D eigenvalue weighted by Gasteiger charge is -2.32. The highest BCUT2D eigenvalue weighted by atomic mass is 35.5. The number of hydrogen-bond donors (Lipinski definition) is 2. The summed E-state index contributed by atoms with van der Waals surface area (Å²) < 4.78 is 0. The lowest BCUT2D eigenvalue weighted by Crippen LogP contribution is -2.46. The summed E-state index contributed by atoms with van der Waals surface area (Å²) in [5.41, 5.74) is 1.07. The summed E-state index contributed by atoms with van der Waals surface area (Å²) in [6.45, 7) is 1.93. The van der Waals surface area contributed by atoms with Crippen LogP contribution < -0.4 is 10.2 Å². The van der Waals surface area contributed by atoms with Crippen molar-refractivity contribution in [2.45, 2.75) is 31.4 Å². The van der Waals surface area contributed by atoms with Gasteiger partial charge in [-0.1, -0.05) is 11.6 Å². The van der Waals surface area contributed by atoms with Crippen LogP contribution in [0.5, 0.6) is 0 Å². The lowest BCUT2D eigenvalue weighted by molar-refractivity contribution is 0.0562. The van der Waals surface area contributed by atoms with Gasteiger partial charge in [-0.2, -0.15) is 0 Å². The number of carbonyl (C=O) groups excluding carboxylic acids is 1. The number of anilines is 1. The van der Waals surface area contributed by atoms with Crippen molar-refractivity contribution in [3.63, 3.8) is 0 Å². The van der Waals surface area contributed by atoms with Crippen LogP contribution in [0.15, 0.2) is 18.3 Å². The van der Waals surface area contributed by atoms with E-state index >= 15 is 0 Å². The van der Waals surface area contributed by atoms with Crippen LogP contribution in [0.4, 0.5) is 5.82 Å². The molecule has 0 atom stereocenters. The summed E-state index contributed by atoms with van der Waals surface area (Å²) in [4.78, 5) is 23.2. The normalized spacial score (nSPS) is 23.3. The first-order valence-corrected chi connectivity index (χ1v) is 8.18. The number of halogens is 1. The molecule has 1 saturated heterocycles. The molecule has 4 rings (SSSR count). The van der Waals surface area contributed by atoms with E-state index in [0.717, 1.165) is 30.7 Å². The predicted molar refractivity (Wildman–Crippen MR) is 87.9 cm³/mol. The van der Waals surface area contributed by atoms with E-state index in [0.29, 0.717) is 29.1 Å². The van der Waals surface area contributed by atoms with Gasteiger partial charge in [-0.05, 0) is 31.4 Å². The van der Waals surface area contributed by atoms with Crippen molar-refractivity contribution >= 4 is 34.4 Å². The molecule has 0 bridgehead atoms. The fourth-order valence-electron chi connectivity index (χ4n) is 2.88. The molecule has 2 aliphatic rings. The Bertz CT molecular complexity index is 772. The van der Waals surface area contributed by atoms with Crippen molar-refractivity contribution in [3.05, 3.63) is 28.9 Å². The van der Waals surface area contributed by atoms with E-state index in [-0.39, 0.29) is 18.1 Å². The highest BCUT2D eigenvalue weighted by molar-refractivity contribution is 6.33. The van der Waals surface area contributed by atoms with Gasteiger partial charge < -0.3 is 15.3 Å². The summed E-state index contributed by atoms with van der Waals surface area (Å²) in [7, 11) is 0. The van der Waals surface area contributed by atoms with Crippen molar-refractivity contribution in [2.24, 2.45) is 0 Å². The maximum absolute atomic E-state index is 12.2. The van der Waals surface area contributed by atoms with Gasteiger partial charge in [-0.25, -0.2) is 9.97 Å². The van der Waals surface area contributed by atoms with Gasteiger partial charge >= 0.3 is 0 Å². The SMILES string of the molecule is O=C(NC1CC(O)C1)c1cnc2nc(N3CCC3)c(Cl)cc2c1. The smallest absolute Gasteiger partial charge is 0.253 e. The maximum atomic E-state index is 12.2. The van der Waals surface area contributed by atoms with E-state index < -0.39 is 0 Å². The molecule has 2 aromatic rings. The van der Waals surface area contributed by atoms with Gasteiger partial charge in [0.15, 0.2) is 5.65 Å². The van der Waals surface area contributed by atoms with E-state index in [1.165, 1.54) is 6.20 Å². The van der Waals surface area contributed by atoms with Crippen LogP contribution >= 0.6 is 11.6 Å². The fraction of sp³-hybridized carbons (Fsp3) is 0.438. The van der Waals surface area contributed by atoms with E-state index in [1.54, 1.807) is 6.07 Å². The number of hydrogen-bond acceptors (Lipinski definition) is 5. The van der Waals surface area contributed by atoms with Gasteiger partial charge in [0.1, 0.15) is 5.82 Å². The summed E-state index contributed by atoms with van der Waals surface area (Å²) in [5, 5.41) is 13.5. The number of fused-ring (bicyclic) bond motifs is 1. The van der Waals surface area contributed by atoms with Gasteiger partial charge in [0.05, 0.1) is 16.7 Å². The Morgan fingerprint density at radius 3 is 2.78 bits per heavy atom.